The fraction of sp³-hybridized carbons (Fsp3) is 0.133. The average Bonchev–Trinajstić information content (AvgIpc) is 2.78. The summed E-state index contributed by atoms with van der Waals surface area (Å²) in [5.74, 6) is -0.185. The molecule has 0 saturated heterocycles. The second-order valence-electron chi connectivity index (χ2n) is 4.48. The highest BCUT2D eigenvalue weighted by molar-refractivity contribution is 9.08. The van der Waals surface area contributed by atoms with Crippen LogP contribution in [0.3, 0.4) is 0 Å². The first kappa shape index (κ1) is 12.4. The Bertz CT molecular complexity index is 749. The molecule has 0 radical (unpaired) electrons. The molecule has 2 nitrogen and oxygen atoms in total. The number of nitrogens with zero attached hydrogens (tertiary/aromatic N) is 2. The maximum Gasteiger partial charge on any atom is 0.127 e. The molecule has 3 rings (SSSR count). The molecule has 0 unspecified atom stereocenters. The summed E-state index contributed by atoms with van der Waals surface area (Å²) in [6, 6.07) is 11.2. The smallest absolute Gasteiger partial charge is 0.127 e. The van der Waals surface area contributed by atoms with Gasteiger partial charge in [-0.15, -0.1) is 0 Å². The maximum atomic E-state index is 13.9. The van der Waals surface area contributed by atoms with Gasteiger partial charge < -0.3 is 0 Å². The number of hydrogen-bond acceptors (Lipinski definition) is 1. The largest absolute Gasteiger partial charge is 0.275 e. The van der Waals surface area contributed by atoms with Crippen LogP contribution in [-0.2, 0) is 12.4 Å². The van der Waals surface area contributed by atoms with E-state index < -0.39 is 0 Å². The molecule has 1 heterocycles. The minimum absolute atomic E-state index is 0.185. The normalized spacial score (nSPS) is 11.1. The number of hydrogen-bond donors (Lipinski definition) is 0. The first-order chi connectivity index (χ1) is 9.19. The summed E-state index contributed by atoms with van der Waals surface area (Å²) >= 11 is 3.28. The van der Waals surface area contributed by atoms with E-state index in [2.05, 4.69) is 21.0 Å². The summed E-state index contributed by atoms with van der Waals surface area (Å²) in [4.78, 5) is 0. The van der Waals surface area contributed by atoms with Crippen LogP contribution in [-0.4, -0.2) is 9.78 Å². The Hall–Kier alpha value is -1.68. The third-order valence-corrected chi connectivity index (χ3v) is 3.78. The van der Waals surface area contributed by atoms with Crippen molar-refractivity contribution >= 4 is 26.8 Å². The second kappa shape index (κ2) is 4.78. The van der Waals surface area contributed by atoms with Crippen LogP contribution < -0.4 is 0 Å². The van der Waals surface area contributed by atoms with Gasteiger partial charge in [0.05, 0.1) is 5.52 Å². The zero-order valence-corrected chi connectivity index (χ0v) is 12.0. The lowest BCUT2D eigenvalue weighted by atomic mass is 10.0. The van der Waals surface area contributed by atoms with Gasteiger partial charge in [0, 0.05) is 24.0 Å². The predicted octanol–water partition coefficient (Wildman–Crippen LogP) is 4.27. The van der Waals surface area contributed by atoms with E-state index in [9.17, 15) is 4.39 Å². The third kappa shape index (κ3) is 2.16. The molecule has 0 amide bonds. The first-order valence-corrected chi connectivity index (χ1v) is 7.08. The van der Waals surface area contributed by atoms with E-state index in [1.807, 2.05) is 43.6 Å². The molecule has 4 heteroatoms. The molecule has 3 aromatic rings. The monoisotopic (exact) mass is 318 g/mol. The molecule has 0 atom stereocenters. The highest BCUT2D eigenvalue weighted by Gasteiger charge is 2.09. The minimum Gasteiger partial charge on any atom is -0.275 e. The van der Waals surface area contributed by atoms with Gasteiger partial charge in [-0.3, -0.25) is 4.68 Å². The van der Waals surface area contributed by atoms with Crippen LogP contribution in [0.1, 0.15) is 5.56 Å². The molecule has 0 fully saturated rings. The van der Waals surface area contributed by atoms with Crippen molar-refractivity contribution in [3.63, 3.8) is 0 Å². The van der Waals surface area contributed by atoms with Gasteiger partial charge in [0.25, 0.3) is 0 Å². The summed E-state index contributed by atoms with van der Waals surface area (Å²) < 4.78 is 15.7. The lowest BCUT2D eigenvalue weighted by molar-refractivity contribution is 0.618. The van der Waals surface area contributed by atoms with E-state index in [1.54, 1.807) is 10.7 Å². The molecule has 1 aromatic heterocycles. The number of aromatic nitrogens is 2. The van der Waals surface area contributed by atoms with Gasteiger partial charge in [-0.05, 0) is 28.8 Å². The molecule has 96 valence electrons. The molecular weight excluding hydrogens is 307 g/mol. The van der Waals surface area contributed by atoms with Crippen molar-refractivity contribution in [2.45, 2.75) is 5.33 Å². The van der Waals surface area contributed by atoms with Gasteiger partial charge in [-0.25, -0.2) is 4.39 Å². The number of aryl methyl sites for hydroxylation is 1. The standard InChI is InChI=1S/C15H12BrFN2/c1-19-9-13-12(3-2-4-15(13)18-19)10-5-6-11(8-16)14(17)7-10/h2-7,9H,8H2,1H3. The van der Waals surface area contributed by atoms with Crippen molar-refractivity contribution in [2.75, 3.05) is 0 Å². The van der Waals surface area contributed by atoms with Crippen molar-refractivity contribution in [1.82, 2.24) is 9.78 Å². The third-order valence-electron chi connectivity index (χ3n) is 3.17. The van der Waals surface area contributed by atoms with Crippen molar-refractivity contribution in [1.29, 1.82) is 0 Å². The van der Waals surface area contributed by atoms with Crippen LogP contribution in [0.15, 0.2) is 42.6 Å². The zero-order chi connectivity index (χ0) is 13.4. The average molecular weight is 319 g/mol. The van der Waals surface area contributed by atoms with Crippen molar-refractivity contribution in [2.24, 2.45) is 7.05 Å². The second-order valence-corrected chi connectivity index (χ2v) is 5.04. The molecule has 0 spiro atoms. The fourth-order valence-electron chi connectivity index (χ4n) is 2.24. The van der Waals surface area contributed by atoms with E-state index in [1.165, 1.54) is 0 Å². The Morgan fingerprint density at radius 1 is 1.26 bits per heavy atom. The Morgan fingerprint density at radius 2 is 2.11 bits per heavy atom. The maximum absolute atomic E-state index is 13.9. The van der Waals surface area contributed by atoms with Crippen molar-refractivity contribution in [3.8, 4) is 11.1 Å². The molecular formula is C15H12BrFN2. The van der Waals surface area contributed by atoms with E-state index >= 15 is 0 Å². The summed E-state index contributed by atoms with van der Waals surface area (Å²) in [6.45, 7) is 0. The lowest BCUT2D eigenvalue weighted by Gasteiger charge is -2.05. The van der Waals surface area contributed by atoms with Gasteiger partial charge in [0.15, 0.2) is 0 Å². The Labute approximate surface area is 119 Å². The van der Waals surface area contributed by atoms with Gasteiger partial charge in [-0.2, -0.15) is 5.10 Å². The van der Waals surface area contributed by atoms with Crippen LogP contribution in [0, 0.1) is 5.82 Å². The van der Waals surface area contributed by atoms with Crippen LogP contribution >= 0.6 is 15.9 Å². The summed E-state index contributed by atoms with van der Waals surface area (Å²) in [6.07, 6.45) is 1.96. The number of benzene rings is 2. The minimum atomic E-state index is -0.185. The van der Waals surface area contributed by atoms with Crippen LogP contribution in [0.2, 0.25) is 0 Å². The molecule has 2 aromatic carbocycles. The summed E-state index contributed by atoms with van der Waals surface area (Å²) in [5.41, 5.74) is 3.47. The van der Waals surface area contributed by atoms with E-state index in [-0.39, 0.29) is 5.82 Å². The van der Waals surface area contributed by atoms with Gasteiger partial charge in [-0.1, -0.05) is 40.2 Å². The highest BCUT2D eigenvalue weighted by atomic mass is 79.9. The van der Waals surface area contributed by atoms with E-state index in [4.69, 9.17) is 0 Å². The van der Waals surface area contributed by atoms with Crippen molar-refractivity contribution in [3.05, 3.63) is 54.0 Å². The Morgan fingerprint density at radius 3 is 2.84 bits per heavy atom. The van der Waals surface area contributed by atoms with Gasteiger partial charge in [0.2, 0.25) is 0 Å². The molecule has 0 N–H and O–H groups in total. The molecule has 0 aliphatic carbocycles. The Kier molecular flexibility index (Phi) is 3.11. The van der Waals surface area contributed by atoms with Gasteiger partial charge >= 0.3 is 0 Å². The number of halogens is 2. The van der Waals surface area contributed by atoms with Gasteiger partial charge in [0.1, 0.15) is 5.82 Å². The molecule has 19 heavy (non-hydrogen) atoms. The topological polar surface area (TPSA) is 17.8 Å². The molecule has 0 aliphatic rings. The fourth-order valence-corrected chi connectivity index (χ4v) is 2.69. The quantitative estimate of drug-likeness (QED) is 0.645. The number of rotatable bonds is 2. The SMILES string of the molecule is Cn1cc2c(-c3ccc(CBr)c(F)c3)cccc2n1. The first-order valence-electron chi connectivity index (χ1n) is 5.96. The number of alkyl halides is 1. The van der Waals surface area contributed by atoms with Crippen LogP contribution in [0.5, 0.6) is 0 Å². The van der Waals surface area contributed by atoms with Crippen LogP contribution in [0.4, 0.5) is 4.39 Å². The predicted molar refractivity (Wildman–Crippen MR) is 78.7 cm³/mol. The lowest BCUT2D eigenvalue weighted by Crippen LogP contribution is -1.87. The molecule has 0 aliphatic heterocycles. The summed E-state index contributed by atoms with van der Waals surface area (Å²) in [7, 11) is 1.89. The zero-order valence-electron chi connectivity index (χ0n) is 10.4. The number of fused-ring (bicyclic) bond motifs is 1. The van der Waals surface area contributed by atoms with E-state index in [0.29, 0.717) is 10.9 Å². The summed E-state index contributed by atoms with van der Waals surface area (Å²) in [5, 5.41) is 5.93. The highest BCUT2D eigenvalue weighted by Crippen LogP contribution is 2.29. The van der Waals surface area contributed by atoms with Crippen LogP contribution in [0.25, 0.3) is 22.0 Å². The van der Waals surface area contributed by atoms with Crippen molar-refractivity contribution < 1.29 is 4.39 Å². The Balaban J connectivity index is 2.21. The molecule has 0 saturated carbocycles. The molecule has 0 bridgehead atoms. The van der Waals surface area contributed by atoms with E-state index in [0.717, 1.165) is 22.0 Å².